The Balaban J connectivity index is 2.05. The molecule has 4 aliphatic rings. The molecule has 4 heterocycles. The number of ketones is 1. The first-order valence-electron chi connectivity index (χ1n) is 13.6. The average Bonchev–Trinajstić information content (AvgIpc) is 3.03. The van der Waals surface area contributed by atoms with Crippen molar-refractivity contribution in [2.45, 2.75) is 114 Å². The van der Waals surface area contributed by atoms with E-state index in [1.165, 1.54) is 0 Å². The highest BCUT2D eigenvalue weighted by atomic mass is 16.8. The van der Waals surface area contributed by atoms with E-state index in [9.17, 15) is 96.7 Å². The van der Waals surface area contributed by atoms with Crippen LogP contribution in [0.1, 0.15) is 0 Å². The predicted molar refractivity (Wildman–Crippen MR) is 131 cm³/mol. The smallest absolute Gasteiger partial charge is 0.263 e. The van der Waals surface area contributed by atoms with Crippen LogP contribution in [-0.4, -0.2) is 232 Å². The molecule has 0 spiro atoms. The Kier molecular flexibility index (Phi) is 10.0. The van der Waals surface area contributed by atoms with Gasteiger partial charge in [-0.2, -0.15) is 0 Å². The van der Waals surface area contributed by atoms with Gasteiger partial charge in [-0.05, 0) is 0 Å². The van der Waals surface area contributed by atoms with E-state index in [0.29, 0.717) is 0 Å². The number of aliphatic hydroxyl groups is 18. The van der Waals surface area contributed by atoms with E-state index in [4.69, 9.17) is 18.9 Å². The average molecular weight is 683 g/mol. The van der Waals surface area contributed by atoms with Crippen LogP contribution >= 0.6 is 0 Å². The highest BCUT2D eigenvalue weighted by molar-refractivity contribution is 5.94. The Bertz CT molecular complexity index is 1130. The molecule has 0 amide bonds. The van der Waals surface area contributed by atoms with Gasteiger partial charge in [0.1, 0.15) is 73.2 Å². The molecule has 0 aromatic heterocycles. The van der Waals surface area contributed by atoms with Crippen molar-refractivity contribution in [2.24, 2.45) is 0 Å². The highest BCUT2D eigenvalue weighted by Gasteiger charge is 2.89. The number of hydrogen-bond acceptors (Lipinski definition) is 23. The molecular weight excluding hydrogens is 644 g/mol. The molecule has 4 rings (SSSR count). The number of carbonyl (C=O) groups is 1. The maximum atomic E-state index is 14.0. The van der Waals surface area contributed by atoms with Gasteiger partial charge in [-0.1, -0.05) is 0 Å². The van der Waals surface area contributed by atoms with Gasteiger partial charge in [0, 0.05) is 0 Å². The van der Waals surface area contributed by atoms with Crippen LogP contribution in [0, 0.1) is 0 Å². The molecule has 0 radical (unpaired) electrons. The van der Waals surface area contributed by atoms with Gasteiger partial charge in [0.25, 0.3) is 11.6 Å². The normalized spacial score (nSPS) is 58.5. The molecular formula is C23H38O23. The van der Waals surface area contributed by atoms with Crippen LogP contribution in [-0.2, 0) is 23.7 Å². The summed E-state index contributed by atoms with van der Waals surface area (Å²) in [5, 5.41) is 194. The standard InChI is InChI=1S/C23H38O23/c24-1-4-7(27)11(31)15(34)20(39,45-4)22(41)19(38,17(36)14-10(30)9(29)13(33)18(37)44-14)6(26)3-43-23(22,42)21(40)16(35)12(32)8(28)5(2-25)46-21/h4-16,18,24-35,37-42H,1-3H2/t4?,5?,6-,7?,8?,9?,10?,11?,12?,13?,14?,15?,16?,18?,19-,20?,21?,22-,23?/m1/s1. The fourth-order valence-corrected chi connectivity index (χ4v) is 6.33. The monoisotopic (exact) mass is 682 g/mol. The molecule has 46 heavy (non-hydrogen) atoms. The number of rotatable bonds is 6. The van der Waals surface area contributed by atoms with Gasteiger partial charge in [0.15, 0.2) is 18.0 Å². The third kappa shape index (κ3) is 4.65. The van der Waals surface area contributed by atoms with Crippen molar-refractivity contribution in [1.29, 1.82) is 0 Å². The summed E-state index contributed by atoms with van der Waals surface area (Å²) in [6.07, 6.45) is -37.3. The van der Waals surface area contributed by atoms with Gasteiger partial charge in [0.2, 0.25) is 17.2 Å². The molecule has 4 saturated heterocycles. The van der Waals surface area contributed by atoms with Crippen molar-refractivity contribution in [3.63, 3.8) is 0 Å². The van der Waals surface area contributed by atoms with Crippen molar-refractivity contribution < 1.29 is 116 Å². The van der Waals surface area contributed by atoms with Crippen LogP contribution < -0.4 is 0 Å². The minimum Gasteiger partial charge on any atom is -0.394 e. The van der Waals surface area contributed by atoms with Crippen molar-refractivity contribution >= 4 is 5.78 Å². The zero-order chi connectivity index (χ0) is 35.1. The Morgan fingerprint density at radius 2 is 1.07 bits per heavy atom. The number of Topliss-reactive ketones (excluding diaryl/α,β-unsaturated/α-hetero) is 1. The zero-order valence-corrected chi connectivity index (χ0v) is 23.3. The van der Waals surface area contributed by atoms with Gasteiger partial charge in [-0.15, -0.1) is 0 Å². The summed E-state index contributed by atoms with van der Waals surface area (Å²) in [5.74, 6) is -16.0. The molecule has 0 saturated carbocycles. The first kappa shape index (κ1) is 37.6. The molecule has 0 bridgehead atoms. The van der Waals surface area contributed by atoms with Gasteiger partial charge in [-0.25, -0.2) is 0 Å². The fraction of sp³-hybridized carbons (Fsp3) is 0.957. The van der Waals surface area contributed by atoms with E-state index in [1.54, 1.807) is 0 Å². The molecule has 23 heteroatoms. The molecule has 4 aliphatic heterocycles. The quantitative estimate of drug-likeness (QED) is 0.124. The van der Waals surface area contributed by atoms with E-state index >= 15 is 0 Å². The lowest BCUT2D eigenvalue weighted by molar-refractivity contribution is -0.550. The van der Waals surface area contributed by atoms with Crippen LogP contribution in [0.25, 0.3) is 0 Å². The number of ether oxygens (including phenoxy) is 4. The first-order valence-corrected chi connectivity index (χ1v) is 13.6. The maximum Gasteiger partial charge on any atom is 0.263 e. The summed E-state index contributed by atoms with van der Waals surface area (Å²) in [6.45, 7) is -4.49. The van der Waals surface area contributed by atoms with Crippen LogP contribution in [0.2, 0.25) is 0 Å². The molecule has 4 fully saturated rings. The van der Waals surface area contributed by atoms with Crippen molar-refractivity contribution in [3.05, 3.63) is 0 Å². The molecule has 0 aromatic carbocycles. The summed E-state index contributed by atoms with van der Waals surface area (Å²) >= 11 is 0. The number of hydrogen-bond donors (Lipinski definition) is 18. The summed E-state index contributed by atoms with van der Waals surface area (Å²) < 4.78 is 19.6. The van der Waals surface area contributed by atoms with E-state index in [2.05, 4.69) is 0 Å². The Hall–Kier alpha value is -1.21. The summed E-state index contributed by atoms with van der Waals surface area (Å²) in [5.41, 5.74) is -9.60. The largest absolute Gasteiger partial charge is 0.394 e. The van der Waals surface area contributed by atoms with Crippen LogP contribution in [0.5, 0.6) is 0 Å². The molecule has 19 atom stereocenters. The first-order chi connectivity index (χ1) is 21.1. The van der Waals surface area contributed by atoms with Gasteiger partial charge >= 0.3 is 0 Å². The van der Waals surface area contributed by atoms with Gasteiger partial charge in [0.05, 0.1) is 19.8 Å². The summed E-state index contributed by atoms with van der Waals surface area (Å²) in [4.78, 5) is 14.0. The minimum absolute atomic E-state index is 1.37. The second-order valence-corrected chi connectivity index (χ2v) is 11.7. The van der Waals surface area contributed by atoms with E-state index < -0.39 is 140 Å². The lowest BCUT2D eigenvalue weighted by Crippen LogP contribution is -2.96. The molecule has 268 valence electrons. The minimum atomic E-state index is -5.01. The van der Waals surface area contributed by atoms with Crippen molar-refractivity contribution in [1.82, 2.24) is 0 Å². The van der Waals surface area contributed by atoms with E-state index in [0.717, 1.165) is 0 Å². The summed E-state index contributed by atoms with van der Waals surface area (Å²) in [6, 6.07) is 0. The Labute approximate surface area is 256 Å². The SMILES string of the molecule is O=C(C1OC(O)C(O)C(O)C1O)[C@]1(O)[C@H](O)COC(O)(C2(O)OC(CO)C(O)C(O)C2O)[C@]1(O)C1(O)OC(CO)C(O)C(O)C1O. The molecule has 16 unspecified atom stereocenters. The summed E-state index contributed by atoms with van der Waals surface area (Å²) in [7, 11) is 0. The van der Waals surface area contributed by atoms with Crippen molar-refractivity contribution in [2.75, 3.05) is 19.8 Å². The third-order valence-electron chi connectivity index (χ3n) is 9.13. The van der Waals surface area contributed by atoms with Crippen molar-refractivity contribution in [3.8, 4) is 0 Å². The molecule has 0 aliphatic carbocycles. The fourth-order valence-electron chi connectivity index (χ4n) is 6.33. The lowest BCUT2D eigenvalue weighted by Gasteiger charge is -2.67. The zero-order valence-electron chi connectivity index (χ0n) is 23.3. The van der Waals surface area contributed by atoms with Gasteiger partial charge in [-0.3, -0.25) is 4.79 Å². The lowest BCUT2D eigenvalue weighted by atomic mass is 9.58. The van der Waals surface area contributed by atoms with Crippen LogP contribution in [0.15, 0.2) is 0 Å². The molecule has 0 aromatic rings. The van der Waals surface area contributed by atoms with E-state index in [-0.39, 0.29) is 0 Å². The third-order valence-corrected chi connectivity index (χ3v) is 9.13. The highest BCUT2D eigenvalue weighted by Crippen LogP contribution is 2.57. The predicted octanol–water partition coefficient (Wildman–Crippen LogP) is -12.8. The molecule has 23 nitrogen and oxygen atoms in total. The van der Waals surface area contributed by atoms with Crippen LogP contribution in [0.3, 0.4) is 0 Å². The number of carbonyl (C=O) groups excluding carboxylic acids is 1. The Morgan fingerprint density at radius 1 is 0.609 bits per heavy atom. The Morgan fingerprint density at radius 3 is 1.54 bits per heavy atom. The maximum absolute atomic E-state index is 14.0. The topological polar surface area (TPSA) is 418 Å². The van der Waals surface area contributed by atoms with Gasteiger partial charge < -0.3 is 111 Å². The number of aliphatic hydroxyl groups excluding tert-OH is 13. The molecule has 18 N–H and O–H groups in total. The van der Waals surface area contributed by atoms with E-state index in [1.807, 2.05) is 0 Å². The van der Waals surface area contributed by atoms with Crippen LogP contribution in [0.4, 0.5) is 0 Å². The second kappa shape index (κ2) is 12.3. The second-order valence-electron chi connectivity index (χ2n) is 11.7.